The van der Waals surface area contributed by atoms with E-state index in [0.717, 1.165) is 15.1 Å². The van der Waals surface area contributed by atoms with Crippen LogP contribution in [0.15, 0.2) is 18.2 Å². The van der Waals surface area contributed by atoms with Crippen LogP contribution in [0, 0.1) is 0 Å². The zero-order valence-corrected chi connectivity index (χ0v) is 13.6. The van der Waals surface area contributed by atoms with Crippen LogP contribution in [0.25, 0.3) is 0 Å². The Hall–Kier alpha value is 0.190. The van der Waals surface area contributed by atoms with Crippen LogP contribution in [0.1, 0.15) is 13.8 Å². The third-order valence-electron chi connectivity index (χ3n) is 2.25. The van der Waals surface area contributed by atoms with Gasteiger partial charge in [-0.3, -0.25) is 0 Å². The van der Waals surface area contributed by atoms with E-state index in [2.05, 4.69) is 0 Å². The van der Waals surface area contributed by atoms with E-state index < -0.39 is 15.9 Å². The molecule has 0 aromatic heterocycles. The Morgan fingerprint density at radius 2 is 1.50 bits per heavy atom. The fourth-order valence-corrected chi connectivity index (χ4v) is 7.10. The summed E-state index contributed by atoms with van der Waals surface area (Å²) in [5.74, 6) is 1.44. The molecule has 16 heavy (non-hydrogen) atoms. The van der Waals surface area contributed by atoms with Gasteiger partial charge in [0.15, 0.2) is 0 Å². The number of ether oxygens (including phenoxy) is 2. The monoisotopic (exact) mass is 380 g/mol. The van der Waals surface area contributed by atoms with E-state index >= 15 is 0 Å². The second-order valence-electron chi connectivity index (χ2n) is 3.55. The molecule has 0 amide bonds. The molecule has 0 radical (unpaired) electrons. The van der Waals surface area contributed by atoms with Crippen molar-refractivity contribution in [2.45, 2.75) is 17.8 Å². The van der Waals surface area contributed by atoms with E-state index in [9.17, 15) is 0 Å². The summed E-state index contributed by atoms with van der Waals surface area (Å²) < 4.78 is 11.7. The maximum absolute atomic E-state index is 6.56. The number of methoxy groups -OCH3 is 2. The van der Waals surface area contributed by atoms with Gasteiger partial charge >= 0.3 is 109 Å². The minimum atomic E-state index is -3.17. The standard InChI is InChI=1S/C11H16Cl2O2Te/c1-8(2)16(12,13)11-9(14-3)6-5-7-10(11)15-4/h5-8H,1-4H3. The van der Waals surface area contributed by atoms with Crippen molar-refractivity contribution >= 4 is 37.5 Å². The van der Waals surface area contributed by atoms with Crippen molar-refractivity contribution in [1.82, 2.24) is 0 Å². The number of benzene rings is 1. The number of hydrogen-bond acceptors (Lipinski definition) is 2. The molecule has 2 nitrogen and oxygen atoms in total. The summed E-state index contributed by atoms with van der Waals surface area (Å²) in [5, 5.41) is 0. The molecule has 1 aromatic carbocycles. The molecular formula is C11H16Cl2O2Te. The summed E-state index contributed by atoms with van der Waals surface area (Å²) in [4.78, 5) is 0. The Labute approximate surface area is 108 Å². The third kappa shape index (κ3) is 2.71. The molecule has 0 atom stereocenters. The molecule has 0 saturated heterocycles. The van der Waals surface area contributed by atoms with Crippen molar-refractivity contribution in [1.29, 1.82) is 0 Å². The van der Waals surface area contributed by atoms with Crippen LogP contribution < -0.4 is 13.1 Å². The average molecular weight is 379 g/mol. The minimum absolute atomic E-state index is 0.233. The molecule has 0 bridgehead atoms. The normalized spacial score (nSPS) is 12.7. The van der Waals surface area contributed by atoms with Crippen LogP contribution in [-0.2, 0) is 0 Å². The predicted octanol–water partition coefficient (Wildman–Crippen LogP) is 3.24. The second-order valence-corrected chi connectivity index (χ2v) is 17.9. The number of hydrogen-bond donors (Lipinski definition) is 0. The van der Waals surface area contributed by atoms with Crippen molar-refractivity contribution in [2.75, 3.05) is 14.2 Å². The molecule has 0 unspecified atom stereocenters. The Morgan fingerprint density at radius 1 is 1.06 bits per heavy atom. The van der Waals surface area contributed by atoms with Crippen molar-refractivity contribution in [3.05, 3.63) is 18.2 Å². The van der Waals surface area contributed by atoms with E-state index in [1.807, 2.05) is 32.0 Å². The van der Waals surface area contributed by atoms with Gasteiger partial charge in [-0.25, -0.2) is 0 Å². The number of rotatable bonds is 4. The molecule has 0 N–H and O–H groups in total. The molecule has 0 fully saturated rings. The summed E-state index contributed by atoms with van der Waals surface area (Å²) >= 11 is -3.17. The molecular weight excluding hydrogens is 363 g/mol. The second kappa shape index (κ2) is 5.69. The molecule has 1 aromatic rings. The first kappa shape index (κ1) is 14.3. The predicted molar refractivity (Wildman–Crippen MR) is 71.7 cm³/mol. The SMILES string of the molecule is COc1cccc(OC)c1[Te](Cl)(Cl)C(C)C. The summed E-state index contributed by atoms with van der Waals surface area (Å²) in [6, 6.07) is 5.60. The maximum atomic E-state index is 6.56. The van der Waals surface area contributed by atoms with E-state index in [4.69, 9.17) is 27.4 Å². The van der Waals surface area contributed by atoms with E-state index in [-0.39, 0.29) is 3.97 Å². The molecule has 0 spiro atoms. The van der Waals surface area contributed by atoms with Crippen LogP contribution in [0.3, 0.4) is 0 Å². The van der Waals surface area contributed by atoms with Gasteiger partial charge in [-0.2, -0.15) is 0 Å². The first-order valence-electron chi connectivity index (χ1n) is 4.87. The zero-order chi connectivity index (χ0) is 12.3. The van der Waals surface area contributed by atoms with Gasteiger partial charge in [0.2, 0.25) is 0 Å². The summed E-state index contributed by atoms with van der Waals surface area (Å²) in [7, 11) is 16.4. The average Bonchev–Trinajstić information content (AvgIpc) is 2.27. The van der Waals surface area contributed by atoms with Crippen molar-refractivity contribution < 1.29 is 9.47 Å². The van der Waals surface area contributed by atoms with Gasteiger partial charge in [-0.05, 0) is 0 Å². The van der Waals surface area contributed by atoms with E-state index in [0.29, 0.717) is 0 Å². The van der Waals surface area contributed by atoms with Crippen LogP contribution in [0.2, 0.25) is 3.97 Å². The van der Waals surface area contributed by atoms with Gasteiger partial charge in [0.05, 0.1) is 0 Å². The Morgan fingerprint density at radius 3 is 1.81 bits per heavy atom. The summed E-state index contributed by atoms with van der Waals surface area (Å²) in [5.41, 5.74) is 0. The topological polar surface area (TPSA) is 18.5 Å². The fraction of sp³-hybridized carbons (Fsp3) is 0.455. The summed E-state index contributed by atoms with van der Waals surface area (Å²) in [6.07, 6.45) is 0. The molecule has 0 aliphatic heterocycles. The van der Waals surface area contributed by atoms with Crippen LogP contribution >= 0.6 is 17.9 Å². The molecule has 1 rings (SSSR count). The Kier molecular flexibility index (Phi) is 5.07. The first-order valence-corrected chi connectivity index (χ1v) is 13.3. The van der Waals surface area contributed by atoms with Crippen molar-refractivity contribution in [3.8, 4) is 11.5 Å². The van der Waals surface area contributed by atoms with Gasteiger partial charge in [-0.1, -0.05) is 0 Å². The van der Waals surface area contributed by atoms with Crippen molar-refractivity contribution in [2.24, 2.45) is 0 Å². The van der Waals surface area contributed by atoms with Gasteiger partial charge in [0.1, 0.15) is 0 Å². The third-order valence-corrected chi connectivity index (χ3v) is 15.2. The summed E-state index contributed by atoms with van der Waals surface area (Å²) in [6.45, 7) is 4.07. The van der Waals surface area contributed by atoms with Crippen LogP contribution in [-0.4, -0.2) is 30.2 Å². The molecule has 0 aliphatic rings. The molecule has 0 saturated carbocycles. The zero-order valence-electron chi connectivity index (χ0n) is 9.79. The van der Waals surface area contributed by atoms with E-state index in [1.54, 1.807) is 14.2 Å². The Bertz CT molecular complexity index is 345. The molecule has 92 valence electrons. The first-order chi connectivity index (χ1) is 7.45. The van der Waals surface area contributed by atoms with Crippen LogP contribution in [0.5, 0.6) is 11.5 Å². The van der Waals surface area contributed by atoms with Gasteiger partial charge in [0.25, 0.3) is 0 Å². The molecule has 5 heteroatoms. The van der Waals surface area contributed by atoms with Gasteiger partial charge in [0, 0.05) is 0 Å². The Balaban J connectivity index is 3.39. The van der Waals surface area contributed by atoms with Crippen molar-refractivity contribution in [3.63, 3.8) is 0 Å². The molecule has 0 heterocycles. The molecule has 0 aliphatic carbocycles. The van der Waals surface area contributed by atoms with E-state index in [1.165, 1.54) is 0 Å². The fourth-order valence-electron chi connectivity index (χ4n) is 1.32. The van der Waals surface area contributed by atoms with Gasteiger partial charge < -0.3 is 0 Å². The van der Waals surface area contributed by atoms with Crippen LogP contribution in [0.4, 0.5) is 0 Å². The number of halogens is 2. The van der Waals surface area contributed by atoms with Gasteiger partial charge in [-0.15, -0.1) is 0 Å². The quantitative estimate of drug-likeness (QED) is 0.749.